The summed E-state index contributed by atoms with van der Waals surface area (Å²) in [6.07, 6.45) is 1.86. The van der Waals surface area contributed by atoms with Gasteiger partial charge >= 0.3 is 0 Å². The number of sulfonamides is 1. The molecule has 0 spiro atoms. The SMILES string of the molecule is CCCC(O)c1ccc(CCNS(=O)(=O)c2ccccc2)cc1. The van der Waals surface area contributed by atoms with Gasteiger partial charge in [-0.2, -0.15) is 0 Å². The zero-order valence-electron chi connectivity index (χ0n) is 13.3. The van der Waals surface area contributed by atoms with Crippen molar-refractivity contribution in [3.8, 4) is 0 Å². The van der Waals surface area contributed by atoms with Crippen LogP contribution >= 0.6 is 0 Å². The number of rotatable bonds is 8. The van der Waals surface area contributed by atoms with E-state index in [-0.39, 0.29) is 4.90 Å². The minimum absolute atomic E-state index is 0.276. The molecule has 23 heavy (non-hydrogen) atoms. The molecule has 0 saturated heterocycles. The number of nitrogens with one attached hydrogen (secondary N) is 1. The molecule has 0 aromatic heterocycles. The molecule has 0 radical (unpaired) electrons. The smallest absolute Gasteiger partial charge is 0.240 e. The molecular weight excluding hydrogens is 310 g/mol. The van der Waals surface area contributed by atoms with Crippen molar-refractivity contribution in [2.24, 2.45) is 0 Å². The first-order chi connectivity index (χ1) is 11.0. The maximum absolute atomic E-state index is 12.1. The molecule has 0 heterocycles. The molecule has 1 atom stereocenters. The van der Waals surface area contributed by atoms with Gasteiger partial charge in [-0.05, 0) is 36.1 Å². The van der Waals surface area contributed by atoms with Gasteiger partial charge < -0.3 is 5.11 Å². The zero-order chi connectivity index (χ0) is 16.7. The first kappa shape index (κ1) is 17.7. The Labute approximate surface area is 138 Å². The second-order valence-corrected chi connectivity index (χ2v) is 7.27. The lowest BCUT2D eigenvalue weighted by molar-refractivity contribution is 0.166. The van der Waals surface area contributed by atoms with Crippen molar-refractivity contribution in [3.63, 3.8) is 0 Å². The van der Waals surface area contributed by atoms with E-state index in [2.05, 4.69) is 4.72 Å². The van der Waals surface area contributed by atoms with Crippen molar-refractivity contribution in [1.82, 2.24) is 4.72 Å². The summed E-state index contributed by atoms with van der Waals surface area (Å²) in [5, 5.41) is 9.93. The first-order valence-electron chi connectivity index (χ1n) is 7.84. The van der Waals surface area contributed by atoms with Crippen molar-refractivity contribution >= 4 is 10.0 Å². The molecule has 2 N–H and O–H groups in total. The number of benzene rings is 2. The van der Waals surface area contributed by atoms with Crippen molar-refractivity contribution in [2.45, 2.75) is 37.2 Å². The van der Waals surface area contributed by atoms with Crippen LogP contribution in [-0.2, 0) is 16.4 Å². The van der Waals surface area contributed by atoms with Crippen LogP contribution in [0.5, 0.6) is 0 Å². The maximum Gasteiger partial charge on any atom is 0.240 e. The fourth-order valence-electron chi connectivity index (χ4n) is 2.36. The van der Waals surface area contributed by atoms with Gasteiger partial charge in [-0.15, -0.1) is 0 Å². The quantitative estimate of drug-likeness (QED) is 0.780. The Morgan fingerprint density at radius 1 is 1.04 bits per heavy atom. The Balaban J connectivity index is 1.89. The number of aliphatic hydroxyl groups excluding tert-OH is 1. The maximum atomic E-state index is 12.1. The second kappa shape index (κ2) is 8.24. The highest BCUT2D eigenvalue weighted by molar-refractivity contribution is 7.89. The van der Waals surface area contributed by atoms with Gasteiger partial charge in [0, 0.05) is 6.54 Å². The van der Waals surface area contributed by atoms with E-state index in [9.17, 15) is 13.5 Å². The largest absolute Gasteiger partial charge is 0.388 e. The third-order valence-corrected chi connectivity index (χ3v) is 5.16. The summed E-state index contributed by atoms with van der Waals surface area (Å²) >= 11 is 0. The first-order valence-corrected chi connectivity index (χ1v) is 9.33. The summed E-state index contributed by atoms with van der Waals surface area (Å²) in [6.45, 7) is 2.38. The third-order valence-electron chi connectivity index (χ3n) is 3.69. The lowest BCUT2D eigenvalue weighted by Crippen LogP contribution is -2.25. The van der Waals surface area contributed by atoms with E-state index in [1.54, 1.807) is 30.3 Å². The summed E-state index contributed by atoms with van der Waals surface area (Å²) < 4.78 is 26.8. The van der Waals surface area contributed by atoms with Crippen LogP contribution in [0.4, 0.5) is 0 Å². The second-order valence-electron chi connectivity index (χ2n) is 5.51. The highest BCUT2D eigenvalue weighted by Crippen LogP contribution is 2.18. The number of aliphatic hydroxyl groups is 1. The molecule has 0 saturated carbocycles. The highest BCUT2D eigenvalue weighted by Gasteiger charge is 2.12. The van der Waals surface area contributed by atoms with E-state index in [4.69, 9.17) is 0 Å². The summed E-state index contributed by atoms with van der Waals surface area (Å²) in [5.41, 5.74) is 1.94. The van der Waals surface area contributed by atoms with Gasteiger partial charge in [0.2, 0.25) is 10.0 Å². The van der Waals surface area contributed by atoms with Crippen LogP contribution in [0.2, 0.25) is 0 Å². The molecule has 2 aromatic rings. The standard InChI is InChI=1S/C18H23NO3S/c1-2-6-18(20)16-11-9-15(10-12-16)13-14-19-23(21,22)17-7-4-3-5-8-17/h3-5,7-12,18-20H,2,6,13-14H2,1H3. The number of hydrogen-bond acceptors (Lipinski definition) is 3. The van der Waals surface area contributed by atoms with Gasteiger partial charge in [0.05, 0.1) is 11.0 Å². The van der Waals surface area contributed by atoms with Crippen LogP contribution < -0.4 is 4.72 Å². The lowest BCUT2D eigenvalue weighted by Gasteiger charge is -2.11. The average molecular weight is 333 g/mol. The van der Waals surface area contributed by atoms with Crippen molar-refractivity contribution < 1.29 is 13.5 Å². The Hall–Kier alpha value is -1.69. The monoisotopic (exact) mass is 333 g/mol. The molecule has 1 unspecified atom stereocenters. The normalized spacial score (nSPS) is 13.0. The van der Waals surface area contributed by atoms with E-state index in [0.29, 0.717) is 13.0 Å². The van der Waals surface area contributed by atoms with E-state index in [1.165, 1.54) is 0 Å². The third kappa shape index (κ3) is 5.16. The fourth-order valence-corrected chi connectivity index (χ4v) is 3.41. The molecular formula is C18H23NO3S. The van der Waals surface area contributed by atoms with E-state index in [0.717, 1.165) is 24.0 Å². The van der Waals surface area contributed by atoms with Crippen LogP contribution in [0.15, 0.2) is 59.5 Å². The molecule has 0 aliphatic carbocycles. The molecule has 0 fully saturated rings. The summed E-state index contributed by atoms with van der Waals surface area (Å²) in [4.78, 5) is 0.276. The van der Waals surface area contributed by atoms with Gasteiger partial charge in [0.25, 0.3) is 0 Å². The molecule has 0 aliphatic heterocycles. The Morgan fingerprint density at radius 2 is 1.70 bits per heavy atom. The Bertz CT molecular complexity index is 697. The van der Waals surface area contributed by atoms with Crippen molar-refractivity contribution in [3.05, 3.63) is 65.7 Å². The topological polar surface area (TPSA) is 66.4 Å². The van der Waals surface area contributed by atoms with Gasteiger partial charge in [-0.3, -0.25) is 0 Å². The molecule has 124 valence electrons. The number of hydrogen-bond donors (Lipinski definition) is 2. The van der Waals surface area contributed by atoms with Gasteiger partial charge in [-0.1, -0.05) is 55.8 Å². The van der Waals surface area contributed by atoms with Gasteiger partial charge in [0.15, 0.2) is 0 Å². The van der Waals surface area contributed by atoms with Crippen molar-refractivity contribution in [1.29, 1.82) is 0 Å². The highest BCUT2D eigenvalue weighted by atomic mass is 32.2. The van der Waals surface area contributed by atoms with Crippen LogP contribution in [0.25, 0.3) is 0 Å². The van der Waals surface area contributed by atoms with Crippen LogP contribution in [-0.4, -0.2) is 20.1 Å². The Kier molecular flexibility index (Phi) is 6.33. The summed E-state index contributed by atoms with van der Waals surface area (Å²) in [6, 6.07) is 16.0. The molecule has 2 rings (SSSR count). The van der Waals surface area contributed by atoms with E-state index in [1.807, 2.05) is 31.2 Å². The van der Waals surface area contributed by atoms with Crippen LogP contribution in [0.3, 0.4) is 0 Å². The molecule has 5 heteroatoms. The van der Waals surface area contributed by atoms with Gasteiger partial charge in [0.1, 0.15) is 0 Å². The van der Waals surface area contributed by atoms with E-state index >= 15 is 0 Å². The average Bonchev–Trinajstić information content (AvgIpc) is 2.56. The predicted molar refractivity (Wildman–Crippen MR) is 91.6 cm³/mol. The van der Waals surface area contributed by atoms with Crippen LogP contribution in [0.1, 0.15) is 37.0 Å². The molecule has 2 aromatic carbocycles. The summed E-state index contributed by atoms with van der Waals surface area (Å²) in [5.74, 6) is 0. The molecule has 0 bridgehead atoms. The lowest BCUT2D eigenvalue weighted by atomic mass is 10.0. The Morgan fingerprint density at radius 3 is 2.30 bits per heavy atom. The zero-order valence-corrected chi connectivity index (χ0v) is 14.1. The molecule has 0 aliphatic rings. The van der Waals surface area contributed by atoms with Crippen LogP contribution in [0, 0.1) is 0 Å². The minimum atomic E-state index is -3.45. The molecule has 4 nitrogen and oxygen atoms in total. The van der Waals surface area contributed by atoms with Crippen molar-refractivity contribution in [2.75, 3.05) is 6.54 Å². The molecule has 0 amide bonds. The fraction of sp³-hybridized carbons (Fsp3) is 0.333. The summed E-state index contributed by atoms with van der Waals surface area (Å²) in [7, 11) is -3.45. The van der Waals surface area contributed by atoms with E-state index < -0.39 is 16.1 Å². The minimum Gasteiger partial charge on any atom is -0.388 e. The predicted octanol–water partition coefficient (Wildman–Crippen LogP) is 3.04. The van der Waals surface area contributed by atoms with Gasteiger partial charge in [-0.25, -0.2) is 13.1 Å².